The average Bonchev–Trinajstić information content (AvgIpc) is 2.43. The molecule has 0 spiro atoms. The molecule has 0 amide bonds. The Morgan fingerprint density at radius 1 is 1.35 bits per heavy atom. The standard InChI is InChI=1S/C9H18O3.CH4O3S/c1-9(2)11-7-8(12-9)5-3-4-6-10;1-5(2,3)4/h8,10H,3-7H2,1-2H3;1H3,(H,2,3,4). The summed E-state index contributed by atoms with van der Waals surface area (Å²) in [5.41, 5.74) is 0. The lowest BCUT2D eigenvalue weighted by Gasteiger charge is -2.16. The Kier molecular flexibility index (Phi) is 7.18. The highest BCUT2D eigenvalue weighted by Crippen LogP contribution is 2.24. The van der Waals surface area contributed by atoms with Crippen LogP contribution < -0.4 is 0 Å². The van der Waals surface area contributed by atoms with Crippen LogP contribution in [-0.4, -0.2) is 49.4 Å². The fourth-order valence-electron chi connectivity index (χ4n) is 1.39. The molecule has 0 aliphatic carbocycles. The lowest BCUT2D eigenvalue weighted by molar-refractivity contribution is -0.139. The first kappa shape index (κ1) is 16.8. The maximum Gasteiger partial charge on any atom is 0.261 e. The summed E-state index contributed by atoms with van der Waals surface area (Å²) in [6.45, 7) is 4.83. The van der Waals surface area contributed by atoms with E-state index in [0.717, 1.165) is 19.3 Å². The second-order valence-corrected chi connectivity index (χ2v) is 5.87. The number of rotatable bonds is 4. The topological polar surface area (TPSA) is 93.1 Å². The Morgan fingerprint density at radius 2 is 1.88 bits per heavy atom. The van der Waals surface area contributed by atoms with Gasteiger partial charge >= 0.3 is 0 Å². The van der Waals surface area contributed by atoms with Crippen molar-refractivity contribution < 1.29 is 27.6 Å². The maximum atomic E-state index is 9.19. The summed E-state index contributed by atoms with van der Waals surface area (Å²) in [4.78, 5) is 0. The molecule has 17 heavy (non-hydrogen) atoms. The van der Waals surface area contributed by atoms with E-state index in [-0.39, 0.29) is 12.7 Å². The highest BCUT2D eigenvalue weighted by atomic mass is 32.2. The summed E-state index contributed by atoms with van der Waals surface area (Å²) in [5, 5.41) is 8.57. The highest BCUT2D eigenvalue weighted by Gasteiger charge is 2.31. The molecule has 0 aromatic heterocycles. The molecule has 1 rings (SSSR count). The molecule has 0 aromatic rings. The molecule has 1 aliphatic rings. The van der Waals surface area contributed by atoms with Gasteiger partial charge < -0.3 is 14.6 Å². The van der Waals surface area contributed by atoms with Gasteiger partial charge in [-0.05, 0) is 33.1 Å². The van der Waals surface area contributed by atoms with Crippen LogP contribution in [0.25, 0.3) is 0 Å². The summed E-state index contributed by atoms with van der Waals surface area (Å²) in [6, 6.07) is 0. The zero-order chi connectivity index (χ0) is 13.5. The van der Waals surface area contributed by atoms with Gasteiger partial charge in [0, 0.05) is 6.61 Å². The van der Waals surface area contributed by atoms with Crippen LogP contribution in [0, 0.1) is 0 Å². The van der Waals surface area contributed by atoms with Gasteiger partial charge in [0.15, 0.2) is 5.79 Å². The normalized spacial score (nSPS) is 23.0. The van der Waals surface area contributed by atoms with Gasteiger partial charge in [0.05, 0.1) is 19.0 Å². The van der Waals surface area contributed by atoms with Gasteiger partial charge in [0.1, 0.15) is 0 Å². The molecule has 0 saturated carbocycles. The van der Waals surface area contributed by atoms with Crippen molar-refractivity contribution in [2.45, 2.75) is 45.0 Å². The second kappa shape index (κ2) is 7.27. The number of aliphatic hydroxyl groups excluding tert-OH is 1. The first-order valence-corrected chi connectivity index (χ1v) is 7.34. The monoisotopic (exact) mass is 270 g/mol. The SMILES string of the molecule is CC1(C)OCC(CCCCO)O1.CS(=O)(=O)O. The van der Waals surface area contributed by atoms with Gasteiger partial charge in [-0.2, -0.15) is 8.42 Å². The van der Waals surface area contributed by atoms with Crippen LogP contribution in [-0.2, 0) is 19.6 Å². The first-order valence-electron chi connectivity index (χ1n) is 5.49. The van der Waals surface area contributed by atoms with Crippen molar-refractivity contribution in [1.29, 1.82) is 0 Å². The molecule has 1 aliphatic heterocycles. The molecular formula is C10H22O6S. The largest absolute Gasteiger partial charge is 0.396 e. The fourth-order valence-corrected chi connectivity index (χ4v) is 1.39. The molecule has 104 valence electrons. The van der Waals surface area contributed by atoms with Crippen LogP contribution in [0.2, 0.25) is 0 Å². The molecule has 6 nitrogen and oxygen atoms in total. The first-order chi connectivity index (χ1) is 7.64. The van der Waals surface area contributed by atoms with Crippen LogP contribution in [0.3, 0.4) is 0 Å². The molecule has 0 bridgehead atoms. The van der Waals surface area contributed by atoms with E-state index >= 15 is 0 Å². The van der Waals surface area contributed by atoms with E-state index < -0.39 is 15.9 Å². The molecule has 1 unspecified atom stereocenters. The summed E-state index contributed by atoms with van der Waals surface area (Å²) >= 11 is 0. The predicted octanol–water partition coefficient (Wildman–Crippen LogP) is 0.805. The number of unbranched alkanes of at least 4 members (excludes halogenated alkanes) is 1. The van der Waals surface area contributed by atoms with Crippen molar-refractivity contribution in [2.24, 2.45) is 0 Å². The van der Waals surface area contributed by atoms with Gasteiger partial charge in [-0.1, -0.05) is 0 Å². The quantitative estimate of drug-likeness (QED) is 0.580. The molecule has 7 heteroatoms. The molecular weight excluding hydrogens is 248 g/mol. The number of hydrogen-bond donors (Lipinski definition) is 2. The van der Waals surface area contributed by atoms with E-state index in [1.54, 1.807) is 0 Å². The van der Waals surface area contributed by atoms with Gasteiger partial charge in [-0.25, -0.2) is 0 Å². The van der Waals surface area contributed by atoms with E-state index in [4.69, 9.17) is 19.1 Å². The Balaban J connectivity index is 0.000000437. The van der Waals surface area contributed by atoms with Gasteiger partial charge in [0.2, 0.25) is 0 Å². The van der Waals surface area contributed by atoms with Crippen molar-refractivity contribution in [3.63, 3.8) is 0 Å². The number of aliphatic hydroxyl groups is 1. The van der Waals surface area contributed by atoms with Crippen molar-refractivity contribution in [1.82, 2.24) is 0 Å². The van der Waals surface area contributed by atoms with E-state index in [2.05, 4.69) is 0 Å². The molecule has 0 aromatic carbocycles. The Bertz CT molecular complexity index is 290. The number of hydrogen-bond acceptors (Lipinski definition) is 5. The minimum atomic E-state index is -3.67. The predicted molar refractivity (Wildman–Crippen MR) is 63.3 cm³/mol. The third-order valence-corrected chi connectivity index (χ3v) is 2.00. The Morgan fingerprint density at radius 3 is 2.24 bits per heavy atom. The Labute approximate surface area is 103 Å². The van der Waals surface area contributed by atoms with Crippen LogP contribution in [0.4, 0.5) is 0 Å². The third kappa shape index (κ3) is 12.0. The Hall–Kier alpha value is -0.210. The van der Waals surface area contributed by atoms with E-state index in [1.807, 2.05) is 13.8 Å². The number of ether oxygens (including phenoxy) is 2. The molecule has 1 fully saturated rings. The molecule has 1 atom stereocenters. The fraction of sp³-hybridized carbons (Fsp3) is 1.00. The molecule has 1 saturated heterocycles. The second-order valence-electron chi connectivity index (χ2n) is 4.40. The minimum Gasteiger partial charge on any atom is -0.396 e. The van der Waals surface area contributed by atoms with Crippen LogP contribution in [0.5, 0.6) is 0 Å². The summed E-state index contributed by atoms with van der Waals surface area (Å²) in [7, 11) is -3.67. The summed E-state index contributed by atoms with van der Waals surface area (Å²) in [6.07, 6.45) is 3.81. The van der Waals surface area contributed by atoms with E-state index in [1.165, 1.54) is 0 Å². The van der Waals surface area contributed by atoms with Crippen molar-refractivity contribution >= 4 is 10.1 Å². The van der Waals surface area contributed by atoms with Crippen molar-refractivity contribution in [3.05, 3.63) is 0 Å². The zero-order valence-electron chi connectivity index (χ0n) is 10.5. The molecule has 0 radical (unpaired) electrons. The minimum absolute atomic E-state index is 0.228. The van der Waals surface area contributed by atoms with Crippen LogP contribution in [0.1, 0.15) is 33.1 Å². The van der Waals surface area contributed by atoms with E-state index in [9.17, 15) is 8.42 Å². The third-order valence-electron chi connectivity index (χ3n) is 2.00. The van der Waals surface area contributed by atoms with Crippen LogP contribution in [0.15, 0.2) is 0 Å². The molecule has 2 N–H and O–H groups in total. The smallest absolute Gasteiger partial charge is 0.261 e. The molecule has 1 heterocycles. The summed E-state index contributed by atoms with van der Waals surface area (Å²) in [5.74, 6) is -0.399. The highest BCUT2D eigenvalue weighted by molar-refractivity contribution is 7.85. The lowest BCUT2D eigenvalue weighted by Crippen LogP contribution is -2.21. The average molecular weight is 270 g/mol. The maximum absolute atomic E-state index is 9.19. The van der Waals surface area contributed by atoms with Crippen molar-refractivity contribution in [3.8, 4) is 0 Å². The van der Waals surface area contributed by atoms with Gasteiger partial charge in [-0.15, -0.1) is 0 Å². The van der Waals surface area contributed by atoms with E-state index in [0.29, 0.717) is 12.9 Å². The van der Waals surface area contributed by atoms with Crippen LogP contribution >= 0.6 is 0 Å². The van der Waals surface area contributed by atoms with Crippen molar-refractivity contribution in [2.75, 3.05) is 19.5 Å². The van der Waals surface area contributed by atoms with Gasteiger partial charge in [0.25, 0.3) is 10.1 Å². The lowest BCUT2D eigenvalue weighted by atomic mass is 10.2. The zero-order valence-corrected chi connectivity index (χ0v) is 11.4. The summed E-state index contributed by atoms with van der Waals surface area (Å²) < 4.78 is 36.9. The van der Waals surface area contributed by atoms with Gasteiger partial charge in [-0.3, -0.25) is 4.55 Å².